The van der Waals surface area contributed by atoms with Gasteiger partial charge in [-0.1, -0.05) is 13.8 Å². The van der Waals surface area contributed by atoms with Gasteiger partial charge in [0.25, 0.3) is 5.56 Å². The molecule has 3 rings (SSSR count). The summed E-state index contributed by atoms with van der Waals surface area (Å²) in [4.78, 5) is 41.5. The van der Waals surface area contributed by atoms with E-state index < -0.39 is 17.6 Å². The highest BCUT2D eigenvalue weighted by Crippen LogP contribution is 2.38. The van der Waals surface area contributed by atoms with Gasteiger partial charge in [0.1, 0.15) is 17.5 Å². The first kappa shape index (κ1) is 19.8. The molecule has 0 bridgehead atoms. The van der Waals surface area contributed by atoms with Crippen LogP contribution in [-0.2, 0) is 14.9 Å². The van der Waals surface area contributed by atoms with Gasteiger partial charge in [-0.3, -0.25) is 14.2 Å². The van der Waals surface area contributed by atoms with Crippen LogP contribution in [0.25, 0.3) is 0 Å². The normalized spacial score (nSPS) is 17.7. The number of carbonyl (C=O) groups excluding carboxylic acids is 2. The largest absolute Gasteiger partial charge is 0.456 e. The van der Waals surface area contributed by atoms with Crippen LogP contribution in [0.5, 0.6) is 0 Å². The van der Waals surface area contributed by atoms with Crippen molar-refractivity contribution in [1.29, 1.82) is 0 Å². The molecule has 0 aliphatic carbocycles. The number of aromatic nitrogens is 2. The molecule has 1 aromatic heterocycles. The molecular weight excluding hydrogens is 358 g/mol. The fourth-order valence-electron chi connectivity index (χ4n) is 3.35. The lowest BCUT2D eigenvalue weighted by Crippen LogP contribution is -2.31. The minimum Gasteiger partial charge on any atom is -0.456 e. The molecule has 0 spiro atoms. The first-order chi connectivity index (χ1) is 13.0. The second-order valence-corrected chi connectivity index (χ2v) is 8.65. The summed E-state index contributed by atoms with van der Waals surface area (Å²) in [6.45, 7) is 9.34. The Morgan fingerprint density at radius 3 is 2.43 bits per heavy atom. The maximum absolute atomic E-state index is 12.8. The summed E-state index contributed by atoms with van der Waals surface area (Å²) >= 11 is 0. The van der Waals surface area contributed by atoms with Gasteiger partial charge >= 0.3 is 5.97 Å². The molecule has 148 valence electrons. The van der Waals surface area contributed by atoms with Crippen molar-refractivity contribution in [1.82, 2.24) is 9.55 Å². The molecule has 0 radical (unpaired) electrons. The van der Waals surface area contributed by atoms with Crippen molar-refractivity contribution < 1.29 is 14.3 Å². The number of amides is 1. The van der Waals surface area contributed by atoms with Gasteiger partial charge in [-0.05, 0) is 51.5 Å². The molecule has 7 heteroatoms. The summed E-state index contributed by atoms with van der Waals surface area (Å²) in [6.07, 6.45) is 1.96. The fraction of sp³-hybridized carbons (Fsp3) is 0.429. The first-order valence-corrected chi connectivity index (χ1v) is 9.20. The number of esters is 1. The Bertz CT molecular complexity index is 968. The van der Waals surface area contributed by atoms with E-state index in [0.717, 1.165) is 0 Å². The lowest BCUT2D eigenvalue weighted by molar-refractivity contribution is -0.119. The number of nitrogens with one attached hydrogen (secondary N) is 1. The van der Waals surface area contributed by atoms with E-state index in [9.17, 15) is 14.4 Å². The summed E-state index contributed by atoms with van der Waals surface area (Å²) in [5.41, 5.74) is -0.242. The number of ether oxygens (including phenoxy) is 1. The number of fused-ring (bicyclic) bond motifs is 1. The first-order valence-electron chi connectivity index (χ1n) is 9.20. The van der Waals surface area contributed by atoms with Crippen molar-refractivity contribution in [3.05, 3.63) is 58.3 Å². The van der Waals surface area contributed by atoms with E-state index in [2.05, 4.69) is 10.3 Å². The van der Waals surface area contributed by atoms with Crippen LogP contribution in [0.4, 0.5) is 5.69 Å². The summed E-state index contributed by atoms with van der Waals surface area (Å²) < 4.78 is 6.79. The Kier molecular flexibility index (Phi) is 4.87. The molecule has 0 fully saturated rings. The SMILES string of the molecule is CC(C)(C)OC(=O)c1ccc(NC(=O)[C@@H]2CC(C)(C)c3nccc(=O)n32)cc1. The van der Waals surface area contributed by atoms with Crippen LogP contribution in [0.3, 0.4) is 0 Å². The predicted octanol–water partition coefficient (Wildman–Crippen LogP) is 3.06. The van der Waals surface area contributed by atoms with E-state index in [1.165, 1.54) is 16.8 Å². The Labute approximate surface area is 163 Å². The van der Waals surface area contributed by atoms with Gasteiger partial charge < -0.3 is 10.1 Å². The molecule has 1 atom stereocenters. The quantitative estimate of drug-likeness (QED) is 0.823. The van der Waals surface area contributed by atoms with Crippen LogP contribution >= 0.6 is 0 Å². The van der Waals surface area contributed by atoms with Crippen molar-refractivity contribution in [3.8, 4) is 0 Å². The number of benzene rings is 1. The smallest absolute Gasteiger partial charge is 0.338 e. The van der Waals surface area contributed by atoms with Crippen LogP contribution in [0.1, 0.15) is 63.3 Å². The van der Waals surface area contributed by atoms with Gasteiger partial charge in [0.05, 0.1) is 5.56 Å². The van der Waals surface area contributed by atoms with E-state index in [1.54, 1.807) is 45.0 Å². The van der Waals surface area contributed by atoms with Crippen molar-refractivity contribution >= 4 is 17.6 Å². The average molecular weight is 383 g/mol. The highest BCUT2D eigenvalue weighted by atomic mass is 16.6. The minimum atomic E-state index is -0.628. The van der Waals surface area contributed by atoms with Crippen LogP contribution in [-0.4, -0.2) is 27.0 Å². The number of anilines is 1. The summed E-state index contributed by atoms with van der Waals surface area (Å²) in [6, 6.07) is 7.22. The predicted molar refractivity (Wildman–Crippen MR) is 105 cm³/mol. The van der Waals surface area contributed by atoms with Crippen LogP contribution < -0.4 is 10.9 Å². The van der Waals surface area contributed by atoms with E-state index in [0.29, 0.717) is 23.5 Å². The zero-order valence-electron chi connectivity index (χ0n) is 16.8. The Balaban J connectivity index is 1.76. The number of hydrogen-bond acceptors (Lipinski definition) is 5. The summed E-state index contributed by atoms with van der Waals surface area (Å²) in [5, 5.41) is 2.83. The highest BCUT2D eigenvalue weighted by molar-refractivity contribution is 5.95. The third-order valence-corrected chi connectivity index (χ3v) is 4.59. The van der Waals surface area contributed by atoms with E-state index >= 15 is 0 Å². The topological polar surface area (TPSA) is 90.3 Å². The monoisotopic (exact) mass is 383 g/mol. The zero-order chi connectivity index (χ0) is 20.7. The molecule has 1 aliphatic rings. The number of rotatable bonds is 3. The van der Waals surface area contributed by atoms with Crippen molar-refractivity contribution in [3.63, 3.8) is 0 Å². The lowest BCUT2D eigenvalue weighted by atomic mass is 9.89. The van der Waals surface area contributed by atoms with Gasteiger partial charge in [-0.25, -0.2) is 9.78 Å². The van der Waals surface area contributed by atoms with Gasteiger partial charge in [-0.2, -0.15) is 0 Å². The van der Waals surface area contributed by atoms with Crippen molar-refractivity contribution in [2.45, 2.75) is 58.1 Å². The van der Waals surface area contributed by atoms with Gasteiger partial charge in [0.15, 0.2) is 0 Å². The maximum Gasteiger partial charge on any atom is 0.338 e. The number of nitrogens with zero attached hydrogens (tertiary/aromatic N) is 2. The van der Waals surface area contributed by atoms with Gasteiger partial charge in [0.2, 0.25) is 5.91 Å². The van der Waals surface area contributed by atoms with Crippen LogP contribution in [0.15, 0.2) is 41.3 Å². The lowest BCUT2D eigenvalue weighted by Gasteiger charge is -2.19. The fourth-order valence-corrected chi connectivity index (χ4v) is 3.35. The zero-order valence-corrected chi connectivity index (χ0v) is 16.8. The average Bonchev–Trinajstić information content (AvgIpc) is 2.87. The molecular formula is C21H25N3O4. The molecule has 1 aliphatic heterocycles. The third-order valence-electron chi connectivity index (χ3n) is 4.59. The second-order valence-electron chi connectivity index (χ2n) is 8.65. The third kappa shape index (κ3) is 3.98. The minimum absolute atomic E-state index is 0.240. The van der Waals surface area contributed by atoms with Gasteiger partial charge in [-0.15, -0.1) is 0 Å². The molecule has 28 heavy (non-hydrogen) atoms. The molecule has 0 saturated carbocycles. The molecule has 1 amide bonds. The summed E-state index contributed by atoms with van der Waals surface area (Å²) in [7, 11) is 0. The number of carbonyl (C=O) groups is 2. The highest BCUT2D eigenvalue weighted by Gasteiger charge is 2.42. The molecule has 0 saturated heterocycles. The van der Waals surface area contributed by atoms with E-state index in [-0.39, 0.29) is 16.9 Å². The Morgan fingerprint density at radius 1 is 1.18 bits per heavy atom. The molecule has 2 aromatic rings. The van der Waals surface area contributed by atoms with Crippen LogP contribution in [0.2, 0.25) is 0 Å². The maximum atomic E-state index is 12.8. The Morgan fingerprint density at radius 2 is 1.82 bits per heavy atom. The second kappa shape index (κ2) is 6.89. The van der Waals surface area contributed by atoms with E-state index in [1.807, 2.05) is 13.8 Å². The molecule has 7 nitrogen and oxygen atoms in total. The van der Waals surface area contributed by atoms with E-state index in [4.69, 9.17) is 4.74 Å². The molecule has 1 N–H and O–H groups in total. The molecule has 0 unspecified atom stereocenters. The summed E-state index contributed by atoms with van der Waals surface area (Å²) in [5.74, 6) is -0.0955. The van der Waals surface area contributed by atoms with Crippen molar-refractivity contribution in [2.75, 3.05) is 5.32 Å². The van der Waals surface area contributed by atoms with Gasteiger partial charge in [0, 0.05) is 23.4 Å². The molecule has 1 aromatic carbocycles. The molecule has 2 heterocycles. The number of hydrogen-bond donors (Lipinski definition) is 1. The van der Waals surface area contributed by atoms with Crippen molar-refractivity contribution in [2.24, 2.45) is 0 Å². The Hall–Kier alpha value is -2.96. The standard InChI is InChI=1S/C21H25N3O4/c1-20(2,3)28-18(27)13-6-8-14(9-7-13)23-17(26)15-12-21(4,5)19-22-11-10-16(25)24(15)19/h6-11,15H,12H2,1-5H3,(H,23,26)/t15-/m0/s1. The van der Waals surface area contributed by atoms with Crippen LogP contribution in [0, 0.1) is 0 Å².